The Morgan fingerprint density at radius 3 is 1.18 bits per heavy atom. The Morgan fingerprint density at radius 2 is 0.789 bits per heavy atom. The van der Waals surface area contributed by atoms with E-state index in [1.807, 2.05) is 80.6 Å². The monoisotopic (exact) mass is 2040 g/mol. The van der Waals surface area contributed by atoms with E-state index in [1.165, 1.54) is 47.0 Å². The SMILES string of the molecule is C=C(C)[C@@H]1CCC(C)=C[C@H]1c1c(O)cc(CCCCC)cc1OC(=O)CCCn1c(=O)[nH]cc(F)c1=O.C=C(C)[C@H]1CCC(C)=C[C@@H]1c1c(O)cc(CCCCC)cc1O.C=C(C)[C@H]1CCC(C)=C[C@@H]1c1c(O)cc(CCCCC)cc1OC(=O)CCN1C(=O)NC(=O)C(F)C1C.C=C(C)[C@H]1CCC(C)=C[C@@H]1c1c(O)cc(CCCCC)cc1OC(=O)CCn1cc(F)c(=O)[nH]c1=O.O=C1CCN2C(=O)NC(=O)C(F)C2C1. The van der Waals surface area contributed by atoms with Gasteiger partial charge in [0.1, 0.15) is 51.8 Å². The molecule has 2 aromatic heterocycles. The minimum atomic E-state index is -1.86. The van der Waals surface area contributed by atoms with Gasteiger partial charge in [0.05, 0.1) is 31.1 Å². The number of amides is 6. The molecule has 4 aromatic carbocycles. The van der Waals surface area contributed by atoms with E-state index in [1.54, 1.807) is 18.2 Å². The van der Waals surface area contributed by atoms with Crippen LogP contribution in [0.1, 0.15) is 325 Å². The summed E-state index contributed by atoms with van der Waals surface area (Å²) in [6.07, 6.45) is 29.5. The molecular formula is C115H150F4N8O20. The number of hydrogen-bond donors (Lipinski definition) is 9. The van der Waals surface area contributed by atoms with Crippen LogP contribution < -0.4 is 47.3 Å². The van der Waals surface area contributed by atoms with Crippen molar-refractivity contribution in [3.63, 3.8) is 0 Å². The van der Waals surface area contributed by atoms with E-state index in [2.05, 4.69) is 104 Å². The van der Waals surface area contributed by atoms with Crippen LogP contribution in [-0.2, 0) is 67.5 Å². The number of phenols is 5. The summed E-state index contributed by atoms with van der Waals surface area (Å²) in [6.45, 7) is 42.6. The van der Waals surface area contributed by atoms with Crippen LogP contribution in [0.2, 0.25) is 0 Å². The molecule has 147 heavy (non-hydrogen) atoms. The minimum Gasteiger partial charge on any atom is -0.507 e. The number of unbranched alkanes of at least 4 members (excludes halogenated alkanes) is 8. The fourth-order valence-corrected chi connectivity index (χ4v) is 20.4. The third-order valence-electron chi connectivity index (χ3n) is 28.6. The van der Waals surface area contributed by atoms with Crippen LogP contribution in [0.5, 0.6) is 46.0 Å². The van der Waals surface area contributed by atoms with Crippen LogP contribution in [0.25, 0.3) is 0 Å². The van der Waals surface area contributed by atoms with Gasteiger partial charge in [-0.05, 0) is 266 Å². The maximum absolute atomic E-state index is 14.1. The normalized spacial score (nSPS) is 21.1. The minimum absolute atomic E-state index is 0.0194. The van der Waals surface area contributed by atoms with Crippen molar-refractivity contribution < 1.29 is 95.7 Å². The number of urea groups is 2. The molecule has 0 spiro atoms. The number of carbonyl (C=O) groups is 8. The molecular weight excluding hydrogens is 1890 g/mol. The molecule has 0 saturated carbocycles. The Labute approximate surface area is 858 Å². The molecule has 7 aliphatic rings. The fourth-order valence-electron chi connectivity index (χ4n) is 20.4. The van der Waals surface area contributed by atoms with Crippen molar-refractivity contribution in [3.8, 4) is 46.0 Å². The number of aryl methyl sites for hydroxylation is 5. The lowest BCUT2D eigenvalue weighted by Crippen LogP contribution is -2.63. The van der Waals surface area contributed by atoms with Crippen molar-refractivity contribution in [3.05, 3.63) is 254 Å². The molecule has 4 aliphatic carbocycles. The first-order chi connectivity index (χ1) is 69.8. The van der Waals surface area contributed by atoms with E-state index in [9.17, 15) is 101 Å². The number of esters is 3. The molecule has 9 N–H and O–H groups in total. The van der Waals surface area contributed by atoms with Gasteiger partial charge < -0.3 is 54.5 Å². The molecule has 4 unspecified atom stereocenters. The van der Waals surface area contributed by atoms with Gasteiger partial charge in [-0.25, -0.2) is 28.0 Å². The Kier molecular flexibility index (Phi) is 44.4. The van der Waals surface area contributed by atoms with E-state index < -0.39 is 100 Å². The predicted molar refractivity (Wildman–Crippen MR) is 559 cm³/mol. The summed E-state index contributed by atoms with van der Waals surface area (Å²) in [5.74, 6) is -4.37. The number of nitrogens with one attached hydrogen (secondary N) is 4. The number of halogens is 4. The predicted octanol–water partition coefficient (Wildman–Crippen LogP) is 21.8. The number of aromatic nitrogens is 4. The molecule has 13 rings (SSSR count). The van der Waals surface area contributed by atoms with Crippen LogP contribution >= 0.6 is 0 Å². The number of H-pyrrole nitrogens is 2. The molecule has 3 aliphatic heterocycles. The van der Waals surface area contributed by atoms with Gasteiger partial charge in [-0.3, -0.25) is 63.1 Å². The van der Waals surface area contributed by atoms with Gasteiger partial charge >= 0.3 is 41.3 Å². The number of benzene rings is 4. The number of piperidine rings is 1. The highest BCUT2D eigenvalue weighted by Gasteiger charge is 2.46. The van der Waals surface area contributed by atoms with Gasteiger partial charge in [0.25, 0.3) is 22.9 Å². The third kappa shape index (κ3) is 32.4. The quantitative estimate of drug-likeness (QED) is 0.00575. The number of Topliss-reactive ketones (excluding diaryl/α,β-unsaturated/α-hetero) is 1. The van der Waals surface area contributed by atoms with Gasteiger partial charge in [-0.2, -0.15) is 8.78 Å². The average Bonchev–Trinajstić information content (AvgIpc) is 0.785. The highest BCUT2D eigenvalue weighted by Crippen LogP contribution is 2.52. The molecule has 28 nitrogen and oxygen atoms in total. The first-order valence-electron chi connectivity index (χ1n) is 51.8. The zero-order chi connectivity index (χ0) is 108. The summed E-state index contributed by atoms with van der Waals surface area (Å²) >= 11 is 0. The van der Waals surface area contributed by atoms with Crippen molar-refractivity contribution in [2.24, 2.45) is 23.7 Å². The second-order valence-corrected chi connectivity index (χ2v) is 40.5. The molecule has 32 heteroatoms. The second kappa shape index (κ2) is 55.6. The lowest BCUT2D eigenvalue weighted by molar-refractivity contribution is -0.136. The van der Waals surface area contributed by atoms with E-state index in [-0.39, 0.29) is 152 Å². The Balaban J connectivity index is 0.000000210. The molecule has 5 heterocycles. The first kappa shape index (κ1) is 117. The summed E-state index contributed by atoms with van der Waals surface area (Å²) in [7, 11) is 0. The summed E-state index contributed by atoms with van der Waals surface area (Å²) in [5, 5.41) is 58.4. The second-order valence-electron chi connectivity index (χ2n) is 40.5. The Morgan fingerprint density at radius 1 is 0.435 bits per heavy atom. The zero-order valence-corrected chi connectivity index (χ0v) is 87.5. The number of aromatic hydroxyl groups is 5. The number of imide groups is 2. The molecule has 3 fully saturated rings. The van der Waals surface area contributed by atoms with Crippen LogP contribution in [-0.4, -0.2) is 140 Å². The van der Waals surface area contributed by atoms with Gasteiger partial charge in [-0.1, -0.05) is 174 Å². The van der Waals surface area contributed by atoms with Crippen LogP contribution in [0.3, 0.4) is 0 Å². The first-order valence-corrected chi connectivity index (χ1v) is 51.8. The summed E-state index contributed by atoms with van der Waals surface area (Å²) in [6, 6.07) is 11.2. The highest BCUT2D eigenvalue weighted by molar-refractivity contribution is 6.01. The number of alkyl halides is 2. The topological polar surface area (TPSA) is 406 Å². The maximum Gasteiger partial charge on any atom is 0.328 e. The van der Waals surface area contributed by atoms with Crippen molar-refractivity contribution in [2.45, 2.75) is 344 Å². The van der Waals surface area contributed by atoms with E-state index >= 15 is 0 Å². The number of hydrogen-bond acceptors (Lipinski definition) is 20. The number of aromatic amines is 2. The molecule has 12 atom stereocenters. The fraction of sp³-hybridized carbons (Fsp3) is 0.513. The smallest absolute Gasteiger partial charge is 0.328 e. The molecule has 0 bridgehead atoms. The van der Waals surface area contributed by atoms with Gasteiger partial charge in [0, 0.05) is 97.6 Å². The van der Waals surface area contributed by atoms with Crippen molar-refractivity contribution in [1.29, 1.82) is 0 Å². The molecule has 6 amide bonds. The number of rotatable bonds is 37. The summed E-state index contributed by atoms with van der Waals surface area (Å²) < 4.78 is 73.6. The van der Waals surface area contributed by atoms with Crippen molar-refractivity contribution >= 4 is 47.6 Å². The van der Waals surface area contributed by atoms with Crippen LogP contribution in [0, 0.1) is 35.3 Å². The maximum atomic E-state index is 14.1. The highest BCUT2D eigenvalue weighted by atomic mass is 19.1. The van der Waals surface area contributed by atoms with Crippen LogP contribution in [0.15, 0.2) is 175 Å². The number of allylic oxidation sites excluding steroid dienone is 12. The molecule has 798 valence electrons. The van der Waals surface area contributed by atoms with Crippen molar-refractivity contribution in [1.82, 2.24) is 39.5 Å². The number of carbonyl (C=O) groups excluding carboxylic acids is 8. The number of nitrogens with zero attached hydrogens (tertiary/aromatic N) is 4. The largest absolute Gasteiger partial charge is 0.507 e. The number of ether oxygens (including phenoxy) is 3. The number of fused-ring (bicyclic) bond motifs is 1. The Bertz CT molecular complexity index is 6170. The summed E-state index contributed by atoms with van der Waals surface area (Å²) in [4.78, 5) is 149. The van der Waals surface area contributed by atoms with Gasteiger partial charge in [-0.15, -0.1) is 0 Å². The molecule has 6 aromatic rings. The lowest BCUT2D eigenvalue weighted by atomic mass is 9.73. The van der Waals surface area contributed by atoms with Gasteiger partial charge in [0.15, 0.2) is 12.3 Å². The lowest BCUT2D eigenvalue weighted by Gasteiger charge is -2.39. The molecule has 3 saturated heterocycles. The van der Waals surface area contributed by atoms with Gasteiger partial charge in [0.2, 0.25) is 11.6 Å². The van der Waals surface area contributed by atoms with Crippen molar-refractivity contribution in [2.75, 3.05) is 13.1 Å². The number of phenolic OH excluding ortho intramolecular Hbond substituents is 5. The average molecular weight is 2040 g/mol. The van der Waals surface area contributed by atoms with E-state index in [0.717, 1.165) is 212 Å². The standard InChI is InChI=1S/C29H39FN2O5.C29H37FN2O5.C28H35FN2O5.C21H30O2.C8H9FN2O3/c1-6-7-8-9-20-15-23(33)26(22-14-18(4)10-11-21(22)17(2)3)24(16-20)37-25(34)12-13-32-19(5)27(30)28(35)31-29(32)36;1-5-6-7-9-20-15-24(33)27(22-14-19(4)11-12-21(22)18(2)3)25(16-20)37-26(34)10-8-13-32-28(35)23(30)17-31-29(32)36;1-5-6-7-8-19-14-23(32)26(21-13-18(4)9-10-20(21)17(2)3)24(15-19)36-25(33)11-12-31-16-22(29)27(34)30-28(31)35;1-5-6-7-8-16-12-19(22)21(20(23)13-16)18-11-15(4)9-10-17(18)14(2)3;9-6-5-3-4(12)1-2-11(5)8(14)10-7(6)13/h14-16,19,21-22,27,33H,2,6-13H2,1,3-5H3,(H,31,35,36);14-17,21-22,33H,2,5-13H2,1,3-4H3,(H,31,36);13-16,20-21,32H,2,5-12H2,1,3-4H3,(H,30,34,35);11-13,17-18,22-23H,2,5-10H2,1,3-4H3;5-6H,1-3H2,(H,10,13,14)/t19?,21-,22+,27?;21-,22+;20-,21+;17-,18+;/m1011./s1. The molecule has 0 radical (unpaired) electrons. The summed E-state index contributed by atoms with van der Waals surface area (Å²) in [5.41, 5.74) is 11.3. The number of ketones is 1. The zero-order valence-electron chi connectivity index (χ0n) is 87.5. The van der Waals surface area contributed by atoms with E-state index in [0.29, 0.717) is 33.8 Å². The third-order valence-corrected chi connectivity index (χ3v) is 28.6. The Hall–Kier alpha value is -13.2. The van der Waals surface area contributed by atoms with E-state index in [4.69, 9.17) is 14.2 Å². The van der Waals surface area contributed by atoms with Crippen LogP contribution in [0.4, 0.5) is 27.2 Å².